The molecule has 6 heteroatoms. The lowest BCUT2D eigenvalue weighted by molar-refractivity contribution is -0.133. The van der Waals surface area contributed by atoms with Gasteiger partial charge in [0.25, 0.3) is 5.56 Å². The fourth-order valence-corrected chi connectivity index (χ4v) is 2.72. The molecule has 0 spiro atoms. The molecule has 110 valence electrons. The molecule has 0 radical (unpaired) electrons. The van der Waals surface area contributed by atoms with Crippen LogP contribution < -0.4 is 11.3 Å². The first-order valence-corrected chi connectivity index (χ1v) is 7.04. The lowest BCUT2D eigenvalue weighted by atomic mass is 9.86. The standard InChI is InChI=1S/C15H18N4O2/c1-19(10-6-9(16)7-10)14(20)8-13-11-4-2-3-5-12(11)15(21)18-17-13/h2-5,9-10H,6-8,16H2,1H3,(H,18,21). The topological polar surface area (TPSA) is 92.1 Å². The minimum absolute atomic E-state index is 0.00315. The van der Waals surface area contributed by atoms with Gasteiger partial charge in [-0.1, -0.05) is 18.2 Å². The predicted molar refractivity (Wildman–Crippen MR) is 79.8 cm³/mol. The number of benzene rings is 1. The highest BCUT2D eigenvalue weighted by molar-refractivity contribution is 5.88. The van der Waals surface area contributed by atoms with Gasteiger partial charge in [0, 0.05) is 24.5 Å². The summed E-state index contributed by atoms with van der Waals surface area (Å²) in [4.78, 5) is 25.8. The SMILES string of the molecule is CN(C(=O)Cc1n[nH]c(=O)c2ccccc12)C1CC(N)C1. The van der Waals surface area contributed by atoms with Crippen LogP contribution in [0.1, 0.15) is 18.5 Å². The van der Waals surface area contributed by atoms with Crippen molar-refractivity contribution < 1.29 is 4.79 Å². The molecule has 1 saturated carbocycles. The van der Waals surface area contributed by atoms with Crippen LogP contribution in [0.4, 0.5) is 0 Å². The van der Waals surface area contributed by atoms with Crippen molar-refractivity contribution >= 4 is 16.7 Å². The van der Waals surface area contributed by atoms with E-state index in [0.717, 1.165) is 18.2 Å². The van der Waals surface area contributed by atoms with Gasteiger partial charge >= 0.3 is 0 Å². The molecule has 1 aliphatic rings. The van der Waals surface area contributed by atoms with Gasteiger partial charge in [0.2, 0.25) is 5.91 Å². The Hall–Kier alpha value is -2.21. The number of likely N-dealkylation sites (N-methyl/N-ethyl adjacent to an activating group) is 1. The average Bonchev–Trinajstić information content (AvgIpc) is 2.46. The van der Waals surface area contributed by atoms with Crippen LogP contribution in [0.3, 0.4) is 0 Å². The molecule has 1 aromatic carbocycles. The Labute approximate surface area is 121 Å². The van der Waals surface area contributed by atoms with Crippen LogP contribution in [0, 0.1) is 0 Å². The summed E-state index contributed by atoms with van der Waals surface area (Å²) in [5, 5.41) is 7.78. The summed E-state index contributed by atoms with van der Waals surface area (Å²) >= 11 is 0. The number of nitrogens with one attached hydrogen (secondary N) is 1. The monoisotopic (exact) mass is 286 g/mol. The van der Waals surface area contributed by atoms with Crippen LogP contribution in [0.25, 0.3) is 10.8 Å². The largest absolute Gasteiger partial charge is 0.342 e. The number of hydrogen-bond donors (Lipinski definition) is 2. The van der Waals surface area contributed by atoms with E-state index in [2.05, 4.69) is 10.2 Å². The molecule has 0 atom stereocenters. The van der Waals surface area contributed by atoms with E-state index < -0.39 is 0 Å². The molecule has 1 aliphatic carbocycles. The highest BCUT2D eigenvalue weighted by Gasteiger charge is 2.31. The number of H-pyrrole nitrogens is 1. The molecule has 0 saturated heterocycles. The van der Waals surface area contributed by atoms with E-state index >= 15 is 0 Å². The number of aromatic amines is 1. The molecule has 0 bridgehead atoms. The number of carbonyl (C=O) groups excluding carboxylic acids is 1. The highest BCUT2D eigenvalue weighted by atomic mass is 16.2. The molecule has 1 heterocycles. The Kier molecular flexibility index (Phi) is 3.47. The number of fused-ring (bicyclic) bond motifs is 1. The lowest BCUT2D eigenvalue weighted by Gasteiger charge is -2.39. The summed E-state index contributed by atoms with van der Waals surface area (Å²) in [6.07, 6.45) is 1.88. The van der Waals surface area contributed by atoms with E-state index in [1.54, 1.807) is 24.1 Å². The average molecular weight is 286 g/mol. The van der Waals surface area contributed by atoms with Crippen molar-refractivity contribution in [2.45, 2.75) is 31.3 Å². The molecule has 0 unspecified atom stereocenters. The quantitative estimate of drug-likeness (QED) is 0.855. The molecule has 1 aromatic heterocycles. The van der Waals surface area contributed by atoms with Crippen molar-refractivity contribution in [2.24, 2.45) is 5.73 Å². The normalized spacial score (nSPS) is 21.0. The van der Waals surface area contributed by atoms with Gasteiger partial charge in [-0.15, -0.1) is 0 Å². The third kappa shape index (κ3) is 2.54. The Bertz CT molecular complexity index is 734. The van der Waals surface area contributed by atoms with Crippen LogP contribution in [0.15, 0.2) is 29.1 Å². The zero-order valence-corrected chi connectivity index (χ0v) is 11.9. The van der Waals surface area contributed by atoms with Crippen molar-refractivity contribution in [3.8, 4) is 0 Å². The van der Waals surface area contributed by atoms with Gasteiger partial charge in [-0.2, -0.15) is 5.10 Å². The number of rotatable bonds is 3. The first kappa shape index (κ1) is 13.8. The second-order valence-corrected chi connectivity index (χ2v) is 5.61. The van der Waals surface area contributed by atoms with Gasteiger partial charge in [-0.25, -0.2) is 5.10 Å². The van der Waals surface area contributed by atoms with Gasteiger partial charge in [-0.05, 0) is 18.9 Å². The molecule has 3 N–H and O–H groups in total. The summed E-state index contributed by atoms with van der Waals surface area (Å²) in [5.41, 5.74) is 6.13. The van der Waals surface area contributed by atoms with Gasteiger partial charge in [-0.3, -0.25) is 9.59 Å². The minimum Gasteiger partial charge on any atom is -0.342 e. The lowest BCUT2D eigenvalue weighted by Crippen LogP contribution is -2.51. The Morgan fingerprint density at radius 2 is 2.05 bits per heavy atom. The molecular formula is C15H18N4O2. The second-order valence-electron chi connectivity index (χ2n) is 5.61. The molecule has 1 fully saturated rings. The van der Waals surface area contributed by atoms with E-state index in [0.29, 0.717) is 11.1 Å². The maximum Gasteiger partial charge on any atom is 0.272 e. The highest BCUT2D eigenvalue weighted by Crippen LogP contribution is 2.23. The minimum atomic E-state index is -0.236. The summed E-state index contributed by atoms with van der Waals surface area (Å²) in [5.74, 6) is -0.00315. The van der Waals surface area contributed by atoms with Crippen LogP contribution in [-0.4, -0.2) is 40.1 Å². The van der Waals surface area contributed by atoms with Crippen molar-refractivity contribution in [1.82, 2.24) is 15.1 Å². The third-order valence-corrected chi connectivity index (χ3v) is 4.18. The predicted octanol–water partition coefficient (Wildman–Crippen LogP) is 0.414. The van der Waals surface area contributed by atoms with Crippen LogP contribution in [0.5, 0.6) is 0 Å². The van der Waals surface area contributed by atoms with Gasteiger partial charge < -0.3 is 10.6 Å². The van der Waals surface area contributed by atoms with E-state index in [9.17, 15) is 9.59 Å². The summed E-state index contributed by atoms with van der Waals surface area (Å²) in [7, 11) is 1.80. The van der Waals surface area contributed by atoms with Crippen molar-refractivity contribution in [3.63, 3.8) is 0 Å². The van der Waals surface area contributed by atoms with Crippen molar-refractivity contribution in [3.05, 3.63) is 40.3 Å². The molecule has 1 amide bonds. The van der Waals surface area contributed by atoms with Crippen molar-refractivity contribution in [1.29, 1.82) is 0 Å². The van der Waals surface area contributed by atoms with Gasteiger partial charge in [0.15, 0.2) is 0 Å². The first-order chi connectivity index (χ1) is 10.1. The molecule has 3 rings (SSSR count). The summed E-state index contributed by atoms with van der Waals surface area (Å²) in [6.45, 7) is 0. The summed E-state index contributed by atoms with van der Waals surface area (Å²) < 4.78 is 0. The number of nitrogens with zero attached hydrogens (tertiary/aromatic N) is 2. The van der Waals surface area contributed by atoms with Gasteiger partial charge in [0.1, 0.15) is 0 Å². The van der Waals surface area contributed by atoms with Gasteiger partial charge in [0.05, 0.1) is 17.5 Å². The van der Waals surface area contributed by atoms with E-state index in [1.807, 2.05) is 12.1 Å². The number of nitrogens with two attached hydrogens (primary N) is 1. The zero-order valence-electron chi connectivity index (χ0n) is 11.9. The van der Waals surface area contributed by atoms with Crippen LogP contribution in [0.2, 0.25) is 0 Å². The molecule has 21 heavy (non-hydrogen) atoms. The maximum atomic E-state index is 12.3. The smallest absolute Gasteiger partial charge is 0.272 e. The Morgan fingerprint density at radius 1 is 1.38 bits per heavy atom. The Balaban J connectivity index is 1.83. The first-order valence-electron chi connectivity index (χ1n) is 7.04. The Morgan fingerprint density at radius 3 is 2.71 bits per heavy atom. The molecule has 2 aromatic rings. The van der Waals surface area contributed by atoms with E-state index in [-0.39, 0.29) is 30.0 Å². The third-order valence-electron chi connectivity index (χ3n) is 4.18. The summed E-state index contributed by atoms with van der Waals surface area (Å²) in [6, 6.07) is 7.62. The number of amides is 1. The number of hydrogen-bond acceptors (Lipinski definition) is 4. The van der Waals surface area contributed by atoms with Crippen LogP contribution >= 0.6 is 0 Å². The maximum absolute atomic E-state index is 12.3. The second kappa shape index (κ2) is 5.29. The molecular weight excluding hydrogens is 268 g/mol. The zero-order chi connectivity index (χ0) is 15.0. The fraction of sp³-hybridized carbons (Fsp3) is 0.400. The van der Waals surface area contributed by atoms with E-state index in [4.69, 9.17) is 5.73 Å². The number of aromatic nitrogens is 2. The van der Waals surface area contributed by atoms with Crippen LogP contribution in [-0.2, 0) is 11.2 Å². The molecule has 6 nitrogen and oxygen atoms in total. The molecule has 0 aliphatic heterocycles. The van der Waals surface area contributed by atoms with Crippen molar-refractivity contribution in [2.75, 3.05) is 7.05 Å². The van der Waals surface area contributed by atoms with E-state index in [1.165, 1.54) is 0 Å². The number of carbonyl (C=O) groups is 1. The fourth-order valence-electron chi connectivity index (χ4n) is 2.72.